The first kappa shape index (κ1) is 17.7. The molecule has 0 fully saturated rings. The maximum atomic E-state index is 12.4. The van der Waals surface area contributed by atoms with Gasteiger partial charge in [0.05, 0.1) is 26.8 Å². The van der Waals surface area contributed by atoms with Crippen LogP contribution in [-0.4, -0.2) is 37.4 Å². The fraction of sp³-hybridized carbons (Fsp3) is 0.412. The van der Waals surface area contributed by atoms with Gasteiger partial charge in [-0.15, -0.1) is 0 Å². The molecule has 1 atom stereocenters. The molecule has 1 aromatic carbocycles. The first-order chi connectivity index (χ1) is 11.4. The average molecular weight is 333 g/mol. The van der Waals surface area contributed by atoms with E-state index in [2.05, 4.69) is 10.5 Å². The molecule has 0 aliphatic rings. The summed E-state index contributed by atoms with van der Waals surface area (Å²) in [5, 5.41) is 6.83. The highest BCUT2D eigenvalue weighted by Gasteiger charge is 2.18. The summed E-state index contributed by atoms with van der Waals surface area (Å²) in [6, 6.07) is 6.83. The van der Waals surface area contributed by atoms with Crippen molar-refractivity contribution >= 4 is 6.03 Å². The molecule has 1 aromatic heterocycles. The minimum Gasteiger partial charge on any atom is -0.497 e. The zero-order chi connectivity index (χ0) is 17.7. The summed E-state index contributed by atoms with van der Waals surface area (Å²) in [5.74, 6) is 2.12. The molecule has 0 radical (unpaired) electrons. The Hall–Kier alpha value is -2.70. The number of urea groups is 1. The summed E-state index contributed by atoms with van der Waals surface area (Å²) in [6.45, 7) is 4.07. The van der Waals surface area contributed by atoms with Gasteiger partial charge in [0, 0.05) is 18.7 Å². The van der Waals surface area contributed by atoms with Crippen LogP contribution in [0.2, 0.25) is 0 Å². The second-order valence-corrected chi connectivity index (χ2v) is 5.56. The quantitative estimate of drug-likeness (QED) is 0.879. The summed E-state index contributed by atoms with van der Waals surface area (Å²) in [4.78, 5) is 13.9. The lowest BCUT2D eigenvalue weighted by atomic mass is 10.1. The van der Waals surface area contributed by atoms with E-state index in [9.17, 15) is 4.79 Å². The van der Waals surface area contributed by atoms with Crippen molar-refractivity contribution in [2.75, 3.05) is 21.3 Å². The number of carbonyl (C=O) groups excluding carboxylic acids is 1. The molecule has 2 aromatic rings. The molecule has 0 spiro atoms. The highest BCUT2D eigenvalue weighted by molar-refractivity contribution is 5.74. The zero-order valence-corrected chi connectivity index (χ0v) is 14.6. The van der Waals surface area contributed by atoms with Crippen LogP contribution in [0.15, 0.2) is 28.8 Å². The van der Waals surface area contributed by atoms with Crippen molar-refractivity contribution in [2.45, 2.75) is 26.4 Å². The molecule has 0 bridgehead atoms. The first-order valence-electron chi connectivity index (χ1n) is 7.60. The lowest BCUT2D eigenvalue weighted by Gasteiger charge is -2.22. The molecule has 0 aliphatic heterocycles. The lowest BCUT2D eigenvalue weighted by Crippen LogP contribution is -2.38. The van der Waals surface area contributed by atoms with Crippen molar-refractivity contribution in [3.63, 3.8) is 0 Å². The molecule has 0 aliphatic carbocycles. The molecule has 2 rings (SSSR count). The third kappa shape index (κ3) is 4.18. The average Bonchev–Trinajstić information content (AvgIpc) is 2.98. The van der Waals surface area contributed by atoms with E-state index >= 15 is 0 Å². The van der Waals surface area contributed by atoms with E-state index in [-0.39, 0.29) is 12.1 Å². The third-order valence-electron chi connectivity index (χ3n) is 3.67. The molecule has 7 nitrogen and oxygen atoms in total. The van der Waals surface area contributed by atoms with Crippen molar-refractivity contribution in [3.05, 3.63) is 41.3 Å². The molecule has 130 valence electrons. The van der Waals surface area contributed by atoms with Gasteiger partial charge in [0.1, 0.15) is 23.0 Å². The highest BCUT2D eigenvalue weighted by Crippen LogP contribution is 2.29. The van der Waals surface area contributed by atoms with Crippen LogP contribution in [0.1, 0.15) is 30.0 Å². The number of carbonyl (C=O) groups is 1. The number of ether oxygens (including phenoxy) is 2. The maximum Gasteiger partial charge on any atom is 0.317 e. The van der Waals surface area contributed by atoms with Crippen LogP contribution in [0.25, 0.3) is 0 Å². The number of methoxy groups -OCH3 is 2. The predicted octanol–water partition coefficient (Wildman–Crippen LogP) is 2.90. The maximum absolute atomic E-state index is 12.4. The van der Waals surface area contributed by atoms with Crippen molar-refractivity contribution in [1.82, 2.24) is 15.4 Å². The zero-order valence-electron chi connectivity index (χ0n) is 14.6. The summed E-state index contributed by atoms with van der Waals surface area (Å²) < 4.78 is 15.6. The van der Waals surface area contributed by atoms with Gasteiger partial charge >= 0.3 is 6.03 Å². The van der Waals surface area contributed by atoms with Crippen molar-refractivity contribution in [1.29, 1.82) is 0 Å². The molecule has 0 unspecified atom stereocenters. The third-order valence-corrected chi connectivity index (χ3v) is 3.67. The topological polar surface area (TPSA) is 76.8 Å². The van der Waals surface area contributed by atoms with E-state index in [1.54, 1.807) is 32.2 Å². The Labute approximate surface area is 141 Å². The normalized spacial score (nSPS) is 11.7. The molecule has 1 N–H and O–H groups in total. The molecule has 0 saturated heterocycles. The number of aryl methyl sites for hydroxylation is 1. The van der Waals surface area contributed by atoms with Crippen LogP contribution in [0.3, 0.4) is 0 Å². The second-order valence-electron chi connectivity index (χ2n) is 5.56. The van der Waals surface area contributed by atoms with Gasteiger partial charge in [0.15, 0.2) is 0 Å². The number of hydrogen-bond donors (Lipinski definition) is 1. The summed E-state index contributed by atoms with van der Waals surface area (Å²) in [7, 11) is 4.90. The van der Waals surface area contributed by atoms with Crippen LogP contribution >= 0.6 is 0 Å². The van der Waals surface area contributed by atoms with E-state index in [1.165, 1.54) is 0 Å². The Balaban J connectivity index is 2.05. The monoisotopic (exact) mass is 333 g/mol. The van der Waals surface area contributed by atoms with Crippen LogP contribution in [-0.2, 0) is 6.54 Å². The molecule has 2 amide bonds. The molecule has 0 saturated carbocycles. The number of benzene rings is 1. The van der Waals surface area contributed by atoms with E-state index in [0.717, 1.165) is 5.56 Å². The Bertz CT molecular complexity index is 699. The van der Waals surface area contributed by atoms with Crippen LogP contribution < -0.4 is 14.8 Å². The van der Waals surface area contributed by atoms with Crippen molar-refractivity contribution < 1.29 is 18.8 Å². The SMILES string of the molecule is COc1ccc(OC)c([C@@H](C)NC(=O)N(C)Cc2cc(C)on2)c1. The largest absolute Gasteiger partial charge is 0.497 e. The minimum atomic E-state index is -0.246. The minimum absolute atomic E-state index is 0.215. The van der Waals surface area contributed by atoms with Crippen LogP contribution in [0.5, 0.6) is 11.5 Å². The van der Waals surface area contributed by atoms with Gasteiger partial charge in [-0.2, -0.15) is 0 Å². The van der Waals surface area contributed by atoms with E-state index in [0.29, 0.717) is 29.5 Å². The number of aromatic nitrogens is 1. The molecule has 24 heavy (non-hydrogen) atoms. The predicted molar refractivity (Wildman–Crippen MR) is 89.2 cm³/mol. The molecular weight excluding hydrogens is 310 g/mol. The van der Waals surface area contributed by atoms with Crippen molar-refractivity contribution in [3.8, 4) is 11.5 Å². The second kappa shape index (κ2) is 7.72. The number of nitrogens with zero attached hydrogens (tertiary/aromatic N) is 2. The Kier molecular flexibility index (Phi) is 5.68. The van der Waals surface area contributed by atoms with E-state index in [1.807, 2.05) is 32.0 Å². The smallest absolute Gasteiger partial charge is 0.317 e. The Morgan fingerprint density at radius 3 is 2.67 bits per heavy atom. The fourth-order valence-corrected chi connectivity index (χ4v) is 2.36. The Morgan fingerprint density at radius 1 is 1.33 bits per heavy atom. The van der Waals surface area contributed by atoms with Gasteiger partial charge in [0.25, 0.3) is 0 Å². The summed E-state index contributed by atoms with van der Waals surface area (Å²) in [6.07, 6.45) is 0. The molecule has 7 heteroatoms. The molecule has 1 heterocycles. The van der Waals surface area contributed by atoms with Gasteiger partial charge in [-0.1, -0.05) is 5.16 Å². The van der Waals surface area contributed by atoms with E-state index < -0.39 is 0 Å². The number of rotatable bonds is 6. The summed E-state index contributed by atoms with van der Waals surface area (Å²) >= 11 is 0. The van der Waals surface area contributed by atoms with Gasteiger partial charge < -0.3 is 24.2 Å². The lowest BCUT2D eigenvalue weighted by molar-refractivity contribution is 0.202. The van der Waals surface area contributed by atoms with Crippen molar-refractivity contribution in [2.24, 2.45) is 0 Å². The van der Waals surface area contributed by atoms with E-state index in [4.69, 9.17) is 14.0 Å². The number of amides is 2. The van der Waals surface area contributed by atoms with Gasteiger partial charge in [-0.3, -0.25) is 0 Å². The Morgan fingerprint density at radius 2 is 2.08 bits per heavy atom. The van der Waals surface area contributed by atoms with Crippen LogP contribution in [0.4, 0.5) is 4.79 Å². The molecular formula is C17H23N3O4. The van der Waals surface area contributed by atoms with Gasteiger partial charge in [-0.05, 0) is 32.0 Å². The summed E-state index contributed by atoms with van der Waals surface area (Å²) in [5.41, 5.74) is 1.55. The van der Waals surface area contributed by atoms with Gasteiger partial charge in [0.2, 0.25) is 0 Å². The fourth-order valence-electron chi connectivity index (χ4n) is 2.36. The highest BCUT2D eigenvalue weighted by atomic mass is 16.5. The van der Waals surface area contributed by atoms with Gasteiger partial charge in [-0.25, -0.2) is 4.79 Å². The van der Waals surface area contributed by atoms with Crippen LogP contribution in [0, 0.1) is 6.92 Å². The standard InChI is InChI=1S/C17H23N3O4/c1-11-8-13(19-24-11)10-20(3)17(21)18-12(2)15-9-14(22-4)6-7-16(15)23-5/h6-9,12H,10H2,1-5H3,(H,18,21)/t12-/m1/s1. The number of nitrogens with one attached hydrogen (secondary N) is 1. The number of hydrogen-bond acceptors (Lipinski definition) is 5. The first-order valence-corrected chi connectivity index (χ1v) is 7.60.